The Labute approximate surface area is 208 Å². The second-order valence-electron chi connectivity index (χ2n) is 9.06. The van der Waals surface area contributed by atoms with E-state index in [2.05, 4.69) is 10.6 Å². The highest BCUT2D eigenvalue weighted by Crippen LogP contribution is 2.44. The number of aliphatic carboxylic acids is 1. The van der Waals surface area contributed by atoms with Crippen LogP contribution in [-0.2, 0) is 25.1 Å². The summed E-state index contributed by atoms with van der Waals surface area (Å²) in [7, 11) is -2.98. The number of ether oxygens (including phenoxy) is 1. The first-order valence-corrected chi connectivity index (χ1v) is 13.1. The highest BCUT2D eigenvalue weighted by atomic mass is 31.2. The van der Waals surface area contributed by atoms with Crippen molar-refractivity contribution >= 4 is 19.5 Å². The van der Waals surface area contributed by atoms with Gasteiger partial charge in [-0.1, -0.05) is 12.1 Å². The monoisotopic (exact) mass is 534 g/mol. The molecule has 13 nitrogen and oxygen atoms in total. The lowest BCUT2D eigenvalue weighted by Crippen LogP contribution is -2.55. The van der Waals surface area contributed by atoms with Crippen LogP contribution in [0.5, 0.6) is 5.75 Å². The van der Waals surface area contributed by atoms with Crippen LogP contribution in [0.15, 0.2) is 24.3 Å². The van der Waals surface area contributed by atoms with Crippen molar-refractivity contribution in [2.75, 3.05) is 26.5 Å². The summed E-state index contributed by atoms with van der Waals surface area (Å²) in [5, 5.41) is 53.8. The van der Waals surface area contributed by atoms with E-state index >= 15 is 0 Å². The third kappa shape index (κ3) is 8.49. The molecule has 1 fully saturated rings. The average Bonchev–Trinajstić information content (AvgIpc) is 3.09. The molecule has 0 aromatic heterocycles. The van der Waals surface area contributed by atoms with E-state index in [9.17, 15) is 44.6 Å². The minimum atomic E-state index is -4.51. The van der Waals surface area contributed by atoms with E-state index in [1.54, 1.807) is 24.3 Å². The first-order valence-electron chi connectivity index (χ1n) is 11.3. The van der Waals surface area contributed by atoms with Crippen molar-refractivity contribution in [3.8, 4) is 5.75 Å². The van der Waals surface area contributed by atoms with Crippen LogP contribution in [0.2, 0.25) is 0 Å². The summed E-state index contributed by atoms with van der Waals surface area (Å²) in [6.45, 7) is -0.162. The summed E-state index contributed by atoms with van der Waals surface area (Å²) < 4.78 is 22.5. The molecule has 1 heterocycles. The fraction of sp³-hybridized carbons (Fsp3) is 0.636. The highest BCUT2D eigenvalue weighted by molar-refractivity contribution is 7.52. The van der Waals surface area contributed by atoms with Gasteiger partial charge >= 0.3 is 13.6 Å². The zero-order valence-electron chi connectivity index (χ0n) is 20.1. The van der Waals surface area contributed by atoms with Gasteiger partial charge in [0.05, 0.1) is 50.8 Å². The standard InChI is InChI=1S/C22H35N2O11P/c1-22(21(30)31,24-18(27)8-5-13-3-6-15(34-2)7-4-13)12-35-36(32,33)11-14(26)9-16-19(28)20(29)17(10-25)23-16/h3-4,6-7,14,16-17,19-20,23,25-26,28-29H,5,8-12H2,1-2H3,(H,24,27)(H,30,31)(H,32,33)/t14-,16-,17-,19-,20-,22?/m1/s1. The first-order chi connectivity index (χ1) is 16.8. The normalized spacial score (nSPS) is 26.0. The number of amides is 1. The summed E-state index contributed by atoms with van der Waals surface area (Å²) in [6.07, 6.45) is -4.76. The molecule has 7 atom stereocenters. The lowest BCUT2D eigenvalue weighted by atomic mass is 10.0. The number of carboxylic acid groups (broad SMARTS) is 1. The molecule has 0 saturated carbocycles. The maximum atomic E-state index is 12.5. The fourth-order valence-electron chi connectivity index (χ4n) is 3.80. The molecule has 204 valence electrons. The maximum absolute atomic E-state index is 12.5. The molecule has 1 aromatic carbocycles. The Morgan fingerprint density at radius 3 is 2.33 bits per heavy atom. The second kappa shape index (κ2) is 12.9. The lowest BCUT2D eigenvalue weighted by molar-refractivity contribution is -0.148. The number of carbonyl (C=O) groups is 2. The van der Waals surface area contributed by atoms with Crippen molar-refractivity contribution in [3.05, 3.63) is 29.8 Å². The topological polar surface area (TPSA) is 215 Å². The molecule has 2 unspecified atom stereocenters. The van der Waals surface area contributed by atoms with E-state index in [0.29, 0.717) is 12.2 Å². The number of nitrogens with one attached hydrogen (secondary N) is 2. The maximum Gasteiger partial charge on any atom is 0.331 e. The van der Waals surface area contributed by atoms with Crippen molar-refractivity contribution < 1.29 is 53.8 Å². The molecule has 0 radical (unpaired) electrons. The minimum absolute atomic E-state index is 0.0396. The number of rotatable bonds is 14. The van der Waals surface area contributed by atoms with Gasteiger partial charge in [-0.3, -0.25) is 9.36 Å². The third-order valence-corrected chi connectivity index (χ3v) is 7.42. The van der Waals surface area contributed by atoms with Crippen molar-refractivity contribution in [1.29, 1.82) is 0 Å². The molecular formula is C22H35N2O11P. The predicted molar refractivity (Wildman–Crippen MR) is 127 cm³/mol. The molecule has 0 spiro atoms. The van der Waals surface area contributed by atoms with Crippen LogP contribution in [0.25, 0.3) is 0 Å². The van der Waals surface area contributed by atoms with Crippen LogP contribution < -0.4 is 15.4 Å². The Bertz CT molecular complexity index is 931. The molecule has 1 aromatic rings. The van der Waals surface area contributed by atoms with Gasteiger partial charge < -0.3 is 50.3 Å². The molecule has 1 saturated heterocycles. The first kappa shape index (κ1) is 30.1. The van der Waals surface area contributed by atoms with Crippen LogP contribution in [0.4, 0.5) is 0 Å². The van der Waals surface area contributed by atoms with E-state index in [-0.39, 0.29) is 12.8 Å². The summed E-state index contributed by atoms with van der Waals surface area (Å²) >= 11 is 0. The van der Waals surface area contributed by atoms with Crippen molar-refractivity contribution in [3.63, 3.8) is 0 Å². The lowest BCUT2D eigenvalue weighted by Gasteiger charge is -2.28. The molecule has 1 amide bonds. The zero-order valence-corrected chi connectivity index (χ0v) is 21.0. The van der Waals surface area contributed by atoms with Crippen LogP contribution in [0.1, 0.15) is 25.3 Å². The molecule has 0 aliphatic carbocycles. The second-order valence-corrected chi connectivity index (χ2v) is 11.0. The van der Waals surface area contributed by atoms with Crippen LogP contribution in [-0.4, -0.2) is 105 Å². The Kier molecular flexibility index (Phi) is 10.8. The van der Waals surface area contributed by atoms with Gasteiger partial charge in [-0.15, -0.1) is 0 Å². The number of methoxy groups -OCH3 is 1. The van der Waals surface area contributed by atoms with Gasteiger partial charge in [0.1, 0.15) is 5.75 Å². The highest BCUT2D eigenvalue weighted by Gasteiger charge is 2.42. The number of aryl methyl sites for hydroxylation is 1. The Morgan fingerprint density at radius 1 is 1.19 bits per heavy atom. The zero-order chi connectivity index (χ0) is 27.1. The van der Waals surface area contributed by atoms with Gasteiger partial charge in [0.25, 0.3) is 0 Å². The average molecular weight is 534 g/mol. The number of aliphatic hydroxyl groups excluding tert-OH is 4. The molecule has 0 bridgehead atoms. The molecule has 36 heavy (non-hydrogen) atoms. The summed E-state index contributed by atoms with van der Waals surface area (Å²) in [5.74, 6) is -1.44. The van der Waals surface area contributed by atoms with Crippen molar-refractivity contribution in [1.82, 2.24) is 10.6 Å². The predicted octanol–water partition coefficient (Wildman–Crippen LogP) is -1.41. The van der Waals surface area contributed by atoms with Gasteiger partial charge in [-0.25, -0.2) is 4.79 Å². The number of carboxylic acids is 1. The summed E-state index contributed by atoms with van der Waals surface area (Å²) in [4.78, 5) is 34.3. The molecular weight excluding hydrogens is 499 g/mol. The Morgan fingerprint density at radius 2 is 1.81 bits per heavy atom. The third-order valence-electron chi connectivity index (χ3n) is 6.01. The number of hydrogen-bond donors (Lipinski definition) is 8. The number of benzene rings is 1. The van der Waals surface area contributed by atoms with Gasteiger partial charge in [-0.2, -0.15) is 0 Å². The van der Waals surface area contributed by atoms with Gasteiger partial charge in [0.15, 0.2) is 5.54 Å². The van der Waals surface area contributed by atoms with Gasteiger partial charge in [-0.05, 0) is 37.5 Å². The Balaban J connectivity index is 1.88. The van der Waals surface area contributed by atoms with E-state index in [4.69, 9.17) is 9.26 Å². The molecule has 8 N–H and O–H groups in total. The quantitative estimate of drug-likeness (QED) is 0.129. The SMILES string of the molecule is COc1ccc(CCC(=O)NC(C)(COP(=O)(O)C[C@H](O)C[C@H]2N[C@H](CO)[C@@H](O)[C@@H]2O)C(=O)O)cc1. The van der Waals surface area contributed by atoms with Crippen LogP contribution in [0.3, 0.4) is 0 Å². The Hall–Kier alpha value is -2.09. The molecule has 1 aliphatic heterocycles. The van der Waals surface area contributed by atoms with E-state index in [1.165, 1.54) is 7.11 Å². The van der Waals surface area contributed by atoms with Crippen LogP contribution >= 0.6 is 7.60 Å². The molecule has 1 aliphatic rings. The van der Waals surface area contributed by atoms with Crippen LogP contribution in [0, 0.1) is 0 Å². The van der Waals surface area contributed by atoms with Crippen molar-refractivity contribution in [2.24, 2.45) is 0 Å². The van der Waals surface area contributed by atoms with E-state index in [1.807, 2.05) is 0 Å². The summed E-state index contributed by atoms with van der Waals surface area (Å²) in [6, 6.07) is 5.34. The van der Waals surface area contributed by atoms with Crippen molar-refractivity contribution in [2.45, 2.75) is 62.1 Å². The number of carbonyl (C=O) groups excluding carboxylic acids is 1. The number of hydrogen-bond acceptors (Lipinski definition) is 10. The van der Waals surface area contributed by atoms with E-state index < -0.39 is 74.8 Å². The number of aliphatic hydroxyl groups is 4. The van der Waals surface area contributed by atoms with Gasteiger partial charge in [0, 0.05) is 12.5 Å². The minimum Gasteiger partial charge on any atom is -0.497 e. The largest absolute Gasteiger partial charge is 0.497 e. The molecule has 2 rings (SSSR count). The summed E-state index contributed by atoms with van der Waals surface area (Å²) in [5.41, 5.74) is -1.19. The van der Waals surface area contributed by atoms with Gasteiger partial charge in [0.2, 0.25) is 5.91 Å². The fourth-order valence-corrected chi connectivity index (χ4v) is 5.05. The molecule has 14 heteroatoms. The smallest absolute Gasteiger partial charge is 0.331 e. The van der Waals surface area contributed by atoms with E-state index in [0.717, 1.165) is 12.5 Å².